The highest BCUT2D eigenvalue weighted by molar-refractivity contribution is 7.19. The lowest BCUT2D eigenvalue weighted by molar-refractivity contribution is 1.10. The van der Waals surface area contributed by atoms with Gasteiger partial charge in [0.05, 0.1) is 10.2 Å². The highest BCUT2D eigenvalue weighted by Crippen LogP contribution is 2.28. The molecule has 1 aromatic heterocycles. The molecular weight excluding hydrogens is 262 g/mol. The minimum atomic E-state index is 1.08. The normalized spacial score (nSPS) is 13.6. The molecule has 1 heterocycles. The van der Waals surface area contributed by atoms with Gasteiger partial charge in [0.1, 0.15) is 5.01 Å². The lowest BCUT2D eigenvalue weighted by Gasteiger charge is -1.96. The highest BCUT2D eigenvalue weighted by Gasteiger charge is 2.06. The fourth-order valence-corrected chi connectivity index (χ4v) is 2.95. The van der Waals surface area contributed by atoms with Crippen molar-refractivity contribution >= 4 is 27.1 Å². The molecule has 2 aromatic rings. The summed E-state index contributed by atoms with van der Waals surface area (Å²) < 4.78 is 1.26. The van der Waals surface area contributed by atoms with Gasteiger partial charge in [0.2, 0.25) is 0 Å². The van der Waals surface area contributed by atoms with E-state index in [1.54, 1.807) is 11.3 Å². The van der Waals surface area contributed by atoms with Crippen LogP contribution in [-0.2, 0) is 0 Å². The van der Waals surface area contributed by atoms with Crippen LogP contribution in [0.4, 0.5) is 0 Å². The molecule has 0 saturated carbocycles. The van der Waals surface area contributed by atoms with E-state index in [1.807, 2.05) is 6.92 Å². The maximum atomic E-state index is 4.75. The van der Waals surface area contributed by atoms with Crippen molar-refractivity contribution in [1.29, 1.82) is 0 Å². The van der Waals surface area contributed by atoms with Crippen LogP contribution in [0.3, 0.4) is 0 Å². The Hall–Kier alpha value is -1.67. The minimum absolute atomic E-state index is 1.08. The number of allylic oxidation sites excluding steroid dienone is 6. The van der Waals surface area contributed by atoms with Gasteiger partial charge in [-0.2, -0.15) is 0 Å². The molecule has 2 heteroatoms. The van der Waals surface area contributed by atoms with Gasteiger partial charge < -0.3 is 0 Å². The summed E-state index contributed by atoms with van der Waals surface area (Å²) >= 11 is 1.76. The molecule has 0 N–H and O–H groups in total. The number of aryl methyl sites for hydroxylation is 1. The summed E-state index contributed by atoms with van der Waals surface area (Å²) in [5.41, 5.74) is 4.93. The topological polar surface area (TPSA) is 12.9 Å². The van der Waals surface area contributed by atoms with Crippen molar-refractivity contribution in [2.75, 3.05) is 0 Å². The highest BCUT2D eigenvalue weighted by atomic mass is 32.1. The van der Waals surface area contributed by atoms with Gasteiger partial charge in [-0.25, -0.2) is 4.98 Å². The SMILES string of the molecule is C\C=C/C(=C\C=C(\C)CC)c1nc2ccc(C)cc2s1. The summed E-state index contributed by atoms with van der Waals surface area (Å²) in [7, 11) is 0. The predicted octanol–water partition coefficient (Wildman–Crippen LogP) is 5.92. The molecule has 0 aliphatic rings. The van der Waals surface area contributed by atoms with Crippen molar-refractivity contribution in [3.8, 4) is 0 Å². The van der Waals surface area contributed by atoms with Crippen LogP contribution in [-0.4, -0.2) is 4.98 Å². The van der Waals surface area contributed by atoms with Crippen LogP contribution in [0.5, 0.6) is 0 Å². The quantitative estimate of drug-likeness (QED) is 0.635. The van der Waals surface area contributed by atoms with Crippen LogP contribution in [0, 0.1) is 6.92 Å². The molecule has 0 radical (unpaired) electrons. The van der Waals surface area contributed by atoms with Crippen LogP contribution in [0.15, 0.2) is 48.1 Å². The van der Waals surface area contributed by atoms with Gasteiger partial charge in [-0.15, -0.1) is 11.3 Å². The van der Waals surface area contributed by atoms with E-state index >= 15 is 0 Å². The Kier molecular flexibility index (Phi) is 4.91. The molecular formula is C18H21NS. The molecule has 0 bridgehead atoms. The number of rotatable bonds is 4. The fraction of sp³-hybridized carbons (Fsp3) is 0.278. The van der Waals surface area contributed by atoms with Crippen molar-refractivity contribution in [3.05, 3.63) is 58.6 Å². The van der Waals surface area contributed by atoms with Crippen LogP contribution in [0.1, 0.15) is 37.8 Å². The lowest BCUT2D eigenvalue weighted by atomic mass is 10.1. The second kappa shape index (κ2) is 6.67. The molecule has 0 unspecified atom stereocenters. The second-order valence-electron chi connectivity index (χ2n) is 4.98. The summed E-state index contributed by atoms with van der Waals surface area (Å²) in [5, 5.41) is 1.09. The zero-order chi connectivity index (χ0) is 14.5. The maximum Gasteiger partial charge on any atom is 0.124 e. The van der Waals surface area contributed by atoms with E-state index in [0.29, 0.717) is 0 Å². The van der Waals surface area contributed by atoms with Crippen molar-refractivity contribution in [3.63, 3.8) is 0 Å². The number of hydrogen-bond donors (Lipinski definition) is 0. The Balaban J connectivity index is 2.46. The van der Waals surface area contributed by atoms with Crippen LogP contribution < -0.4 is 0 Å². The van der Waals surface area contributed by atoms with Crippen LogP contribution in [0.2, 0.25) is 0 Å². The summed E-state index contributed by atoms with van der Waals surface area (Å²) in [5.74, 6) is 0. The van der Waals surface area contributed by atoms with E-state index < -0.39 is 0 Å². The van der Waals surface area contributed by atoms with E-state index in [1.165, 1.54) is 21.4 Å². The monoisotopic (exact) mass is 283 g/mol. The molecule has 20 heavy (non-hydrogen) atoms. The molecule has 0 aliphatic carbocycles. The molecule has 2 rings (SSSR count). The predicted molar refractivity (Wildman–Crippen MR) is 91.2 cm³/mol. The molecule has 0 fully saturated rings. The smallest absolute Gasteiger partial charge is 0.124 e. The van der Waals surface area contributed by atoms with E-state index in [-0.39, 0.29) is 0 Å². The van der Waals surface area contributed by atoms with Gasteiger partial charge >= 0.3 is 0 Å². The molecule has 1 nitrogen and oxygen atoms in total. The molecule has 1 aromatic carbocycles. The zero-order valence-corrected chi connectivity index (χ0v) is 13.4. The zero-order valence-electron chi connectivity index (χ0n) is 12.6. The third-order valence-corrected chi connectivity index (χ3v) is 4.31. The van der Waals surface area contributed by atoms with E-state index in [4.69, 9.17) is 4.98 Å². The molecule has 0 aliphatic heterocycles. The van der Waals surface area contributed by atoms with Gasteiger partial charge in [-0.05, 0) is 44.9 Å². The largest absolute Gasteiger partial charge is 0.236 e. The summed E-state index contributed by atoms with van der Waals surface area (Å²) in [6, 6.07) is 6.42. The molecule has 0 amide bonds. The lowest BCUT2D eigenvalue weighted by Crippen LogP contribution is -1.79. The molecule has 104 valence electrons. The van der Waals surface area contributed by atoms with Crippen molar-refractivity contribution in [2.24, 2.45) is 0 Å². The number of nitrogens with zero attached hydrogens (tertiary/aromatic N) is 1. The van der Waals surface area contributed by atoms with Gasteiger partial charge in [-0.1, -0.05) is 42.9 Å². The first-order chi connectivity index (χ1) is 9.63. The molecule has 0 saturated heterocycles. The van der Waals surface area contributed by atoms with E-state index in [9.17, 15) is 0 Å². The average molecular weight is 283 g/mol. The number of thiazole rings is 1. The van der Waals surface area contributed by atoms with E-state index in [2.05, 4.69) is 63.3 Å². The third-order valence-electron chi connectivity index (χ3n) is 3.24. The first-order valence-corrected chi connectivity index (χ1v) is 7.83. The van der Waals surface area contributed by atoms with Crippen molar-refractivity contribution in [2.45, 2.75) is 34.1 Å². The number of fused-ring (bicyclic) bond motifs is 1. The Morgan fingerprint density at radius 1 is 1.30 bits per heavy atom. The Bertz CT molecular complexity index is 687. The Labute approximate surface area is 125 Å². The Morgan fingerprint density at radius 3 is 2.80 bits per heavy atom. The summed E-state index contributed by atoms with van der Waals surface area (Å²) in [6.07, 6.45) is 9.64. The van der Waals surface area contributed by atoms with Crippen molar-refractivity contribution in [1.82, 2.24) is 4.98 Å². The molecule has 0 atom stereocenters. The van der Waals surface area contributed by atoms with Gasteiger partial charge in [0, 0.05) is 5.57 Å². The summed E-state index contributed by atoms with van der Waals surface area (Å²) in [6.45, 7) is 8.50. The average Bonchev–Trinajstić information content (AvgIpc) is 2.85. The van der Waals surface area contributed by atoms with Gasteiger partial charge in [-0.3, -0.25) is 0 Å². The van der Waals surface area contributed by atoms with Crippen LogP contribution in [0.25, 0.3) is 15.8 Å². The second-order valence-corrected chi connectivity index (χ2v) is 6.01. The van der Waals surface area contributed by atoms with Gasteiger partial charge in [0.25, 0.3) is 0 Å². The maximum absolute atomic E-state index is 4.75. The summed E-state index contributed by atoms with van der Waals surface area (Å²) in [4.78, 5) is 4.75. The van der Waals surface area contributed by atoms with Crippen LogP contribution >= 0.6 is 11.3 Å². The number of hydrogen-bond acceptors (Lipinski definition) is 2. The first-order valence-electron chi connectivity index (χ1n) is 7.01. The first kappa shape index (κ1) is 14.7. The number of benzene rings is 1. The van der Waals surface area contributed by atoms with Crippen molar-refractivity contribution < 1.29 is 0 Å². The van der Waals surface area contributed by atoms with Gasteiger partial charge in [0.15, 0.2) is 0 Å². The van der Waals surface area contributed by atoms with E-state index in [0.717, 1.165) is 16.9 Å². The minimum Gasteiger partial charge on any atom is -0.236 e. The Morgan fingerprint density at radius 2 is 2.10 bits per heavy atom. The molecule has 0 spiro atoms. The number of aromatic nitrogens is 1. The standard InChI is InChI=1S/C18H21NS/c1-5-7-15(10-8-13(3)6-2)18-19-16-11-9-14(4)12-17(16)20-18/h5,7-12H,6H2,1-4H3/b7-5-,13-8-,15-10+. The fourth-order valence-electron chi connectivity index (χ4n) is 1.88. The third kappa shape index (κ3) is 3.45.